The summed E-state index contributed by atoms with van der Waals surface area (Å²) >= 11 is 0. The SMILES string of the molecule is CCCCC/C=C\C/C=C\CCCCCCCC(=O)O.CCCCC/C=C\C/C=C\CCCCCCCC(=O)O.CCCCC/C=C\C/C=C\CCCCCCCC(=O)O.CCCCC/C=C\C/C=C\CCCCCCCC(=O)O.OCC(O)CO.OCC(O)CO.OCC(O)CO.OCC(O)CO.OCC(O)CO. The van der Waals surface area contributed by atoms with Crippen molar-refractivity contribution in [2.45, 2.75) is 366 Å². The highest BCUT2D eigenvalue weighted by Crippen LogP contribution is 2.13. The van der Waals surface area contributed by atoms with Crippen molar-refractivity contribution in [3.8, 4) is 0 Å². The number of aliphatic hydroxyl groups excluding tert-OH is 15. The van der Waals surface area contributed by atoms with Gasteiger partial charge in [-0.05, 0) is 154 Å². The molecule has 0 amide bonds. The first-order chi connectivity index (χ1) is 53.1. The highest BCUT2D eigenvalue weighted by molar-refractivity contribution is 5.67. The zero-order chi connectivity index (χ0) is 84.5. The van der Waals surface area contributed by atoms with Gasteiger partial charge in [0, 0.05) is 25.7 Å². The van der Waals surface area contributed by atoms with Crippen LogP contribution in [-0.2, 0) is 19.2 Å². The van der Waals surface area contributed by atoms with Crippen LogP contribution < -0.4 is 0 Å². The summed E-state index contributed by atoms with van der Waals surface area (Å²) in [6.45, 7) is 5.29. The molecule has 23 heteroatoms. The van der Waals surface area contributed by atoms with Crippen LogP contribution in [0.25, 0.3) is 0 Å². The van der Waals surface area contributed by atoms with Crippen molar-refractivity contribution < 1.29 is 116 Å². The van der Waals surface area contributed by atoms with Crippen LogP contribution in [0.5, 0.6) is 0 Å². The maximum absolute atomic E-state index is 10.3. The third kappa shape index (κ3) is 156. The Kier molecular flexibility index (Phi) is 135. The van der Waals surface area contributed by atoms with E-state index in [4.69, 9.17) is 97.0 Å². The number of carboxylic acids is 4. The van der Waals surface area contributed by atoms with E-state index < -0.39 is 54.4 Å². The number of allylic oxidation sites excluding steroid dienone is 16. The molecule has 0 atom stereocenters. The Hall–Kier alpha value is -4.80. The fraction of sp³-hybridized carbons (Fsp3) is 0.770. The van der Waals surface area contributed by atoms with Crippen LogP contribution >= 0.6 is 0 Å². The smallest absolute Gasteiger partial charge is 0.303 e. The van der Waals surface area contributed by atoms with Crippen molar-refractivity contribution in [2.75, 3.05) is 66.1 Å². The molecule has 0 saturated carbocycles. The Morgan fingerprint density at radius 2 is 0.309 bits per heavy atom. The van der Waals surface area contributed by atoms with Crippen LogP contribution in [0.1, 0.15) is 336 Å². The lowest BCUT2D eigenvalue weighted by molar-refractivity contribution is -0.138. The van der Waals surface area contributed by atoms with E-state index in [1.807, 2.05) is 0 Å². The minimum absolute atomic E-state index is 0.324. The Morgan fingerprint density at radius 1 is 0.191 bits per heavy atom. The fourth-order valence-corrected chi connectivity index (χ4v) is 8.64. The number of aliphatic hydroxyl groups is 15. The number of carboxylic acid groups (broad SMARTS) is 4. The first-order valence-electron chi connectivity index (χ1n) is 41.7. The first-order valence-corrected chi connectivity index (χ1v) is 41.7. The van der Waals surface area contributed by atoms with Gasteiger partial charge in [0.1, 0.15) is 30.5 Å². The molecule has 23 nitrogen and oxygen atoms in total. The second-order valence-electron chi connectivity index (χ2n) is 26.6. The Morgan fingerprint density at radius 3 is 0.418 bits per heavy atom. The summed E-state index contributed by atoms with van der Waals surface area (Å²) in [6.07, 6.45) is 84.4. The maximum atomic E-state index is 10.3. The van der Waals surface area contributed by atoms with Gasteiger partial charge in [-0.3, -0.25) is 19.2 Å². The van der Waals surface area contributed by atoms with Gasteiger partial charge in [-0.25, -0.2) is 0 Å². The molecule has 0 fully saturated rings. The van der Waals surface area contributed by atoms with Gasteiger partial charge in [0.2, 0.25) is 0 Å². The Bertz CT molecular complexity index is 1680. The first kappa shape index (κ1) is 123. The molecule has 110 heavy (non-hydrogen) atoms. The number of rotatable bonds is 66. The van der Waals surface area contributed by atoms with Gasteiger partial charge in [-0.1, -0.05) is 253 Å². The Labute approximate surface area is 666 Å². The van der Waals surface area contributed by atoms with Crippen LogP contribution in [0.4, 0.5) is 0 Å². The molecule has 0 aliphatic carbocycles. The van der Waals surface area contributed by atoms with E-state index >= 15 is 0 Å². The number of aliphatic carboxylic acids is 4. The van der Waals surface area contributed by atoms with Gasteiger partial charge in [0.25, 0.3) is 0 Å². The molecule has 654 valence electrons. The van der Waals surface area contributed by atoms with Crippen LogP contribution in [0.3, 0.4) is 0 Å². The number of unbranched alkanes of at least 4 members (excludes halogenated alkanes) is 32. The maximum Gasteiger partial charge on any atom is 0.303 e. The van der Waals surface area contributed by atoms with Crippen molar-refractivity contribution in [3.63, 3.8) is 0 Å². The molecule has 0 heterocycles. The van der Waals surface area contributed by atoms with Crippen LogP contribution in [0, 0.1) is 0 Å². The van der Waals surface area contributed by atoms with E-state index in [1.165, 1.54) is 180 Å². The molecule has 0 aromatic carbocycles. The second kappa shape index (κ2) is 120. The number of carbonyl (C=O) groups is 4. The molecule has 0 bridgehead atoms. The fourth-order valence-electron chi connectivity index (χ4n) is 8.64. The zero-order valence-electron chi connectivity index (χ0n) is 69.3. The molecule has 19 N–H and O–H groups in total. The van der Waals surface area contributed by atoms with E-state index in [0.29, 0.717) is 25.7 Å². The van der Waals surface area contributed by atoms with Gasteiger partial charge < -0.3 is 97.0 Å². The molecular weight excluding hydrogens is 1410 g/mol. The Balaban J connectivity index is -0.000000157. The molecule has 0 unspecified atom stereocenters. The molecule has 0 radical (unpaired) electrons. The van der Waals surface area contributed by atoms with Crippen molar-refractivity contribution in [1.29, 1.82) is 0 Å². The van der Waals surface area contributed by atoms with Crippen LogP contribution in [0.15, 0.2) is 97.2 Å². The summed E-state index contributed by atoms with van der Waals surface area (Å²) < 4.78 is 0. The molecule has 0 aliphatic heterocycles. The van der Waals surface area contributed by atoms with E-state index in [1.54, 1.807) is 0 Å². The largest absolute Gasteiger partial charge is 0.481 e. The van der Waals surface area contributed by atoms with E-state index in [2.05, 4.69) is 125 Å². The summed E-state index contributed by atoms with van der Waals surface area (Å²) in [7, 11) is 0. The summed E-state index contributed by atoms with van der Waals surface area (Å²) in [6, 6.07) is 0. The number of hydrogen-bond donors (Lipinski definition) is 19. The van der Waals surface area contributed by atoms with Crippen LogP contribution in [-0.4, -0.2) is 217 Å². The average Bonchev–Trinajstić information content (AvgIpc) is 2.66. The third-order valence-corrected chi connectivity index (χ3v) is 15.5. The predicted molar refractivity (Wildman–Crippen MR) is 449 cm³/mol. The molecular formula is C87H168O23. The highest BCUT2D eigenvalue weighted by atomic mass is 16.4. The van der Waals surface area contributed by atoms with Crippen molar-refractivity contribution in [1.82, 2.24) is 0 Å². The van der Waals surface area contributed by atoms with E-state index in [9.17, 15) is 19.2 Å². The summed E-state index contributed by atoms with van der Waals surface area (Å²) in [5.74, 6) is -2.68. The normalized spacial score (nSPS) is 11.2. The van der Waals surface area contributed by atoms with Crippen LogP contribution in [0.2, 0.25) is 0 Å². The van der Waals surface area contributed by atoms with Crippen molar-refractivity contribution >= 4 is 23.9 Å². The quantitative estimate of drug-likeness (QED) is 0.0199. The second-order valence-corrected chi connectivity index (χ2v) is 26.6. The van der Waals surface area contributed by atoms with Gasteiger partial charge in [0.15, 0.2) is 0 Å². The van der Waals surface area contributed by atoms with Gasteiger partial charge in [-0.2, -0.15) is 0 Å². The molecule has 0 saturated heterocycles. The molecule has 0 spiro atoms. The van der Waals surface area contributed by atoms with E-state index in [0.717, 1.165) is 103 Å². The lowest BCUT2D eigenvalue weighted by Gasteiger charge is -1.98. The third-order valence-electron chi connectivity index (χ3n) is 15.5. The van der Waals surface area contributed by atoms with Gasteiger partial charge in [0.05, 0.1) is 66.1 Å². The van der Waals surface area contributed by atoms with Gasteiger partial charge in [-0.15, -0.1) is 0 Å². The topological polar surface area (TPSA) is 453 Å². The molecule has 0 aromatic rings. The highest BCUT2D eigenvalue weighted by Gasteiger charge is 2.01. The lowest BCUT2D eigenvalue weighted by atomic mass is 10.1. The summed E-state index contributed by atoms with van der Waals surface area (Å²) in [5.41, 5.74) is 0. The molecule has 0 aliphatic rings. The molecule has 0 aromatic heterocycles. The zero-order valence-corrected chi connectivity index (χ0v) is 69.3. The standard InChI is InChI=1S/4C18H32O2.5C3H8O3/c4*1-2-3-4-5-6-7-8-9-10-11-12-13-14-15-16-17-18(19)20;5*4-1-3(6)2-5/h4*6-7,9-10H,2-5,8,11-17H2,1H3,(H,19,20);5*3-6H,1-2H2/b4*7-6-,10-9-;;;;;. The van der Waals surface area contributed by atoms with Crippen molar-refractivity contribution in [2.24, 2.45) is 0 Å². The monoisotopic (exact) mass is 1580 g/mol. The van der Waals surface area contributed by atoms with Crippen molar-refractivity contribution in [3.05, 3.63) is 97.2 Å². The lowest BCUT2D eigenvalue weighted by Crippen LogP contribution is -2.15. The van der Waals surface area contributed by atoms with Gasteiger partial charge >= 0.3 is 23.9 Å². The predicted octanol–water partition coefficient (Wildman–Crippen LogP) is 15.2. The minimum Gasteiger partial charge on any atom is -0.481 e. The number of hydrogen-bond acceptors (Lipinski definition) is 19. The summed E-state index contributed by atoms with van der Waals surface area (Å²) in [5, 5.41) is 154. The average molecular weight is 1580 g/mol. The van der Waals surface area contributed by atoms with E-state index in [-0.39, 0.29) is 66.1 Å². The summed E-state index contributed by atoms with van der Waals surface area (Å²) in [4.78, 5) is 41.3. The molecule has 0 rings (SSSR count). The minimum atomic E-state index is -0.954.